The van der Waals surface area contributed by atoms with E-state index in [0.717, 1.165) is 43.8 Å². The standard InChI is InChI=1S/C19H32N4O/c1-16-8-7-11-23(15-16)19(20-2)21-14-17-9-5-6-10-18(17)24-13-12-22(3)4/h5-6,9-10,16H,7-8,11-15H2,1-4H3,(H,20,21). The van der Waals surface area contributed by atoms with E-state index >= 15 is 0 Å². The Labute approximate surface area is 146 Å². The number of likely N-dealkylation sites (N-methyl/N-ethyl adjacent to an activating group) is 1. The predicted octanol–water partition coefficient (Wildman–Crippen LogP) is 2.43. The largest absolute Gasteiger partial charge is 0.492 e. The molecule has 2 rings (SSSR count). The van der Waals surface area contributed by atoms with Crippen molar-refractivity contribution in [2.45, 2.75) is 26.3 Å². The molecule has 1 saturated heterocycles. The van der Waals surface area contributed by atoms with Crippen LogP contribution < -0.4 is 10.1 Å². The van der Waals surface area contributed by atoms with Crippen LogP contribution in [0.15, 0.2) is 29.3 Å². The Kier molecular flexibility index (Phi) is 7.37. The van der Waals surface area contributed by atoms with E-state index in [9.17, 15) is 0 Å². The maximum atomic E-state index is 5.94. The van der Waals surface area contributed by atoms with Crippen molar-refractivity contribution < 1.29 is 4.74 Å². The Morgan fingerprint density at radius 1 is 1.38 bits per heavy atom. The zero-order chi connectivity index (χ0) is 17.4. The zero-order valence-electron chi connectivity index (χ0n) is 15.6. The van der Waals surface area contributed by atoms with Crippen LogP contribution in [0.1, 0.15) is 25.3 Å². The molecule has 5 nitrogen and oxygen atoms in total. The first-order valence-corrected chi connectivity index (χ1v) is 8.91. The maximum Gasteiger partial charge on any atom is 0.193 e. The van der Waals surface area contributed by atoms with Gasteiger partial charge in [-0.05, 0) is 38.9 Å². The first-order chi connectivity index (χ1) is 11.6. The fraction of sp³-hybridized carbons (Fsp3) is 0.632. The minimum atomic E-state index is 0.697. The van der Waals surface area contributed by atoms with Crippen LogP contribution in [0.25, 0.3) is 0 Å². The molecule has 24 heavy (non-hydrogen) atoms. The number of benzene rings is 1. The lowest BCUT2D eigenvalue weighted by Crippen LogP contribution is -2.45. The second kappa shape index (κ2) is 9.52. The molecule has 1 aromatic carbocycles. The van der Waals surface area contributed by atoms with Crippen molar-refractivity contribution in [3.63, 3.8) is 0 Å². The highest BCUT2D eigenvalue weighted by Gasteiger charge is 2.19. The molecule has 1 atom stereocenters. The molecule has 0 radical (unpaired) electrons. The van der Waals surface area contributed by atoms with E-state index in [1.165, 1.54) is 18.4 Å². The number of para-hydroxylation sites is 1. The third-order valence-electron chi connectivity index (χ3n) is 4.37. The van der Waals surface area contributed by atoms with Gasteiger partial charge < -0.3 is 19.9 Å². The van der Waals surface area contributed by atoms with Crippen molar-refractivity contribution in [3.8, 4) is 5.75 Å². The second-order valence-electron chi connectivity index (χ2n) is 6.85. The van der Waals surface area contributed by atoms with Gasteiger partial charge >= 0.3 is 0 Å². The topological polar surface area (TPSA) is 40.1 Å². The molecule has 0 saturated carbocycles. The molecule has 5 heteroatoms. The zero-order valence-corrected chi connectivity index (χ0v) is 15.6. The number of guanidine groups is 1. The first-order valence-electron chi connectivity index (χ1n) is 8.91. The van der Waals surface area contributed by atoms with Gasteiger partial charge in [0.15, 0.2) is 5.96 Å². The van der Waals surface area contributed by atoms with E-state index < -0.39 is 0 Å². The highest BCUT2D eigenvalue weighted by atomic mass is 16.5. The molecule has 1 unspecified atom stereocenters. The summed E-state index contributed by atoms with van der Waals surface area (Å²) in [5.74, 6) is 2.68. The van der Waals surface area contributed by atoms with Crippen LogP contribution in [-0.4, -0.2) is 63.1 Å². The van der Waals surface area contributed by atoms with E-state index in [1.807, 2.05) is 19.2 Å². The van der Waals surface area contributed by atoms with Crippen molar-refractivity contribution in [1.29, 1.82) is 0 Å². The van der Waals surface area contributed by atoms with Gasteiger partial charge in [-0.2, -0.15) is 0 Å². The van der Waals surface area contributed by atoms with Crippen molar-refractivity contribution in [1.82, 2.24) is 15.1 Å². The quantitative estimate of drug-likeness (QED) is 0.642. The van der Waals surface area contributed by atoms with E-state index in [-0.39, 0.29) is 0 Å². The summed E-state index contributed by atoms with van der Waals surface area (Å²) in [6.45, 7) is 6.83. The van der Waals surface area contributed by atoms with E-state index in [4.69, 9.17) is 4.74 Å². The van der Waals surface area contributed by atoms with Crippen molar-refractivity contribution in [2.24, 2.45) is 10.9 Å². The number of hydrogen-bond acceptors (Lipinski definition) is 3. The highest BCUT2D eigenvalue weighted by molar-refractivity contribution is 5.80. The summed E-state index contributed by atoms with van der Waals surface area (Å²) in [6, 6.07) is 8.24. The lowest BCUT2D eigenvalue weighted by atomic mass is 10.0. The van der Waals surface area contributed by atoms with Gasteiger partial charge in [-0.1, -0.05) is 25.1 Å². The number of hydrogen-bond donors (Lipinski definition) is 1. The van der Waals surface area contributed by atoms with Crippen LogP contribution in [0.3, 0.4) is 0 Å². The summed E-state index contributed by atoms with van der Waals surface area (Å²) < 4.78 is 5.94. The van der Waals surface area contributed by atoms with E-state index in [1.54, 1.807) is 0 Å². The third-order valence-corrected chi connectivity index (χ3v) is 4.37. The molecule has 0 spiro atoms. The summed E-state index contributed by atoms with van der Waals surface area (Å²) in [5, 5.41) is 3.50. The molecule has 0 aromatic heterocycles. The molecule has 1 aliphatic heterocycles. The Balaban J connectivity index is 1.92. The molecule has 1 heterocycles. The third kappa shape index (κ3) is 5.71. The molecule has 0 aliphatic carbocycles. The minimum Gasteiger partial charge on any atom is -0.492 e. The van der Waals surface area contributed by atoms with Gasteiger partial charge in [-0.25, -0.2) is 0 Å². The van der Waals surface area contributed by atoms with Gasteiger partial charge in [-0.15, -0.1) is 0 Å². The predicted molar refractivity (Wildman–Crippen MR) is 101 cm³/mol. The molecule has 1 N–H and O–H groups in total. The van der Waals surface area contributed by atoms with Gasteiger partial charge in [0.2, 0.25) is 0 Å². The first kappa shape index (κ1) is 18.6. The molecular weight excluding hydrogens is 300 g/mol. The summed E-state index contributed by atoms with van der Waals surface area (Å²) in [7, 11) is 5.97. The number of likely N-dealkylation sites (tertiary alicyclic amines) is 1. The Hall–Kier alpha value is -1.75. The summed E-state index contributed by atoms with van der Waals surface area (Å²) in [5.41, 5.74) is 1.17. The fourth-order valence-corrected chi connectivity index (χ4v) is 3.02. The van der Waals surface area contributed by atoms with E-state index in [2.05, 4.69) is 53.3 Å². The van der Waals surface area contributed by atoms with Crippen molar-refractivity contribution >= 4 is 5.96 Å². The molecule has 0 amide bonds. The summed E-state index contributed by atoms with van der Waals surface area (Å²) in [4.78, 5) is 8.95. The number of aliphatic imine (C=N–C) groups is 1. The SMILES string of the molecule is CN=C(NCc1ccccc1OCCN(C)C)N1CCCC(C)C1. The number of rotatable bonds is 6. The number of ether oxygens (including phenoxy) is 1. The van der Waals surface area contributed by atoms with Crippen LogP contribution in [-0.2, 0) is 6.54 Å². The van der Waals surface area contributed by atoms with Crippen LogP contribution >= 0.6 is 0 Å². The Bertz CT molecular complexity index is 530. The van der Waals surface area contributed by atoms with Gasteiger partial charge in [0.05, 0.1) is 0 Å². The van der Waals surface area contributed by atoms with Crippen LogP contribution in [0.5, 0.6) is 5.75 Å². The van der Waals surface area contributed by atoms with Crippen LogP contribution in [0.2, 0.25) is 0 Å². The maximum absolute atomic E-state index is 5.94. The second-order valence-corrected chi connectivity index (χ2v) is 6.85. The molecule has 1 fully saturated rings. The molecule has 1 aromatic rings. The van der Waals surface area contributed by atoms with Gasteiger partial charge in [0.25, 0.3) is 0 Å². The summed E-state index contributed by atoms with van der Waals surface area (Å²) >= 11 is 0. The molecule has 0 bridgehead atoms. The van der Waals surface area contributed by atoms with Crippen LogP contribution in [0, 0.1) is 5.92 Å². The van der Waals surface area contributed by atoms with Gasteiger partial charge in [0, 0.05) is 38.8 Å². The van der Waals surface area contributed by atoms with E-state index in [0.29, 0.717) is 6.61 Å². The Morgan fingerprint density at radius 3 is 2.88 bits per heavy atom. The summed E-state index contributed by atoms with van der Waals surface area (Å²) in [6.07, 6.45) is 2.56. The lowest BCUT2D eigenvalue weighted by Gasteiger charge is -2.33. The number of nitrogens with one attached hydrogen (secondary N) is 1. The average Bonchev–Trinajstić information content (AvgIpc) is 2.56. The molecule has 1 aliphatic rings. The van der Waals surface area contributed by atoms with Crippen LogP contribution in [0.4, 0.5) is 0 Å². The normalized spacial score (nSPS) is 18.8. The van der Waals surface area contributed by atoms with Gasteiger partial charge in [-0.3, -0.25) is 4.99 Å². The molecular formula is C19H32N4O. The molecule has 134 valence electrons. The number of nitrogens with zero attached hydrogens (tertiary/aromatic N) is 3. The van der Waals surface area contributed by atoms with Gasteiger partial charge in [0.1, 0.15) is 12.4 Å². The smallest absolute Gasteiger partial charge is 0.193 e. The van der Waals surface area contributed by atoms with Crippen molar-refractivity contribution in [3.05, 3.63) is 29.8 Å². The number of piperidine rings is 1. The van der Waals surface area contributed by atoms with Crippen molar-refractivity contribution in [2.75, 3.05) is 47.4 Å². The highest BCUT2D eigenvalue weighted by Crippen LogP contribution is 2.19. The minimum absolute atomic E-state index is 0.697. The average molecular weight is 332 g/mol. The lowest BCUT2D eigenvalue weighted by molar-refractivity contribution is 0.258. The monoisotopic (exact) mass is 332 g/mol. The fourth-order valence-electron chi connectivity index (χ4n) is 3.02. The Morgan fingerprint density at radius 2 is 2.17 bits per heavy atom.